The topological polar surface area (TPSA) is 86.9 Å². The number of carbonyl (C=O) groups is 2. The van der Waals surface area contributed by atoms with Gasteiger partial charge in [0.05, 0.1) is 12.5 Å². The summed E-state index contributed by atoms with van der Waals surface area (Å²) >= 11 is 0. The highest BCUT2D eigenvalue weighted by Crippen LogP contribution is 2.19. The van der Waals surface area contributed by atoms with Crippen molar-refractivity contribution in [3.63, 3.8) is 0 Å². The van der Waals surface area contributed by atoms with E-state index in [0.29, 0.717) is 0 Å². The fourth-order valence-electron chi connectivity index (χ4n) is 2.02. The van der Waals surface area contributed by atoms with Crippen LogP contribution in [0.1, 0.15) is 40.6 Å². The van der Waals surface area contributed by atoms with Gasteiger partial charge in [0.15, 0.2) is 0 Å². The fourth-order valence-corrected chi connectivity index (χ4v) is 2.02. The predicted molar refractivity (Wildman–Crippen MR) is 78.9 cm³/mol. The van der Waals surface area contributed by atoms with E-state index in [1.807, 2.05) is 6.07 Å². The highest BCUT2D eigenvalue weighted by Gasteiger charge is 2.21. The van der Waals surface area contributed by atoms with Crippen molar-refractivity contribution in [1.82, 2.24) is 20.8 Å². The number of amides is 2. The zero-order valence-electron chi connectivity index (χ0n) is 12.3. The number of H-pyrrole nitrogens is 1. The van der Waals surface area contributed by atoms with Crippen LogP contribution in [0.25, 0.3) is 0 Å². The second-order valence-electron chi connectivity index (χ2n) is 4.82. The first-order valence-corrected chi connectivity index (χ1v) is 6.91. The minimum absolute atomic E-state index is 0.0262. The van der Waals surface area contributed by atoms with Crippen LogP contribution >= 0.6 is 0 Å². The maximum atomic E-state index is 12.5. The van der Waals surface area contributed by atoms with E-state index in [-0.39, 0.29) is 18.0 Å². The van der Waals surface area contributed by atoms with Crippen LogP contribution in [0.2, 0.25) is 0 Å². The molecule has 3 N–H and O–H groups in total. The van der Waals surface area contributed by atoms with Gasteiger partial charge in [0.25, 0.3) is 12.3 Å². The van der Waals surface area contributed by atoms with Gasteiger partial charge in [-0.15, -0.1) is 0 Å². The third-order valence-corrected chi connectivity index (χ3v) is 3.24. The quantitative estimate of drug-likeness (QED) is 0.760. The summed E-state index contributed by atoms with van der Waals surface area (Å²) in [5.41, 5.74) is 0.143. The lowest BCUT2D eigenvalue weighted by Crippen LogP contribution is -2.33. The molecule has 1 heterocycles. The number of aromatic nitrogens is 2. The molecule has 122 valence electrons. The number of rotatable bonds is 6. The molecular weight excluding hydrogens is 306 g/mol. The molecule has 0 saturated carbocycles. The van der Waals surface area contributed by atoms with Gasteiger partial charge in [-0.2, -0.15) is 5.10 Å². The van der Waals surface area contributed by atoms with E-state index in [9.17, 15) is 18.4 Å². The summed E-state index contributed by atoms with van der Waals surface area (Å²) in [4.78, 5) is 23.8. The molecule has 1 aromatic carbocycles. The molecule has 1 atom stereocenters. The van der Waals surface area contributed by atoms with Crippen molar-refractivity contribution in [3.8, 4) is 0 Å². The zero-order valence-corrected chi connectivity index (χ0v) is 12.3. The number of hydrogen-bond acceptors (Lipinski definition) is 3. The smallest absolute Gasteiger partial charge is 0.279 e. The second kappa shape index (κ2) is 7.48. The molecule has 0 bridgehead atoms. The third kappa shape index (κ3) is 4.35. The van der Waals surface area contributed by atoms with Gasteiger partial charge in [-0.3, -0.25) is 14.7 Å². The molecule has 23 heavy (non-hydrogen) atoms. The average Bonchev–Trinajstić information content (AvgIpc) is 3.05. The Morgan fingerprint density at radius 1 is 1.26 bits per heavy atom. The summed E-state index contributed by atoms with van der Waals surface area (Å²) in [6.07, 6.45) is -2.71. The largest absolute Gasteiger partial charge is 0.359 e. The van der Waals surface area contributed by atoms with Crippen LogP contribution in [0.15, 0.2) is 36.4 Å². The minimum Gasteiger partial charge on any atom is -0.359 e. The van der Waals surface area contributed by atoms with Crippen molar-refractivity contribution in [3.05, 3.63) is 53.3 Å². The fraction of sp³-hybridized carbons (Fsp3) is 0.267. The van der Waals surface area contributed by atoms with Gasteiger partial charge >= 0.3 is 0 Å². The summed E-state index contributed by atoms with van der Waals surface area (Å²) in [6.45, 7) is 0. The Hall–Kier alpha value is -2.77. The van der Waals surface area contributed by atoms with Crippen molar-refractivity contribution in [2.75, 3.05) is 7.05 Å². The van der Waals surface area contributed by atoms with Crippen molar-refractivity contribution < 1.29 is 18.4 Å². The molecule has 2 rings (SSSR count). The van der Waals surface area contributed by atoms with E-state index in [2.05, 4.69) is 20.8 Å². The van der Waals surface area contributed by atoms with E-state index in [1.165, 1.54) is 7.05 Å². The van der Waals surface area contributed by atoms with E-state index < -0.39 is 24.1 Å². The Morgan fingerprint density at radius 3 is 2.52 bits per heavy atom. The minimum atomic E-state index is -2.74. The van der Waals surface area contributed by atoms with E-state index in [4.69, 9.17) is 0 Å². The molecule has 0 spiro atoms. The molecule has 0 fully saturated rings. The van der Waals surface area contributed by atoms with Crippen LogP contribution in [0.4, 0.5) is 8.78 Å². The molecule has 2 amide bonds. The lowest BCUT2D eigenvalue weighted by molar-refractivity contribution is -0.121. The van der Waals surface area contributed by atoms with Gasteiger partial charge in [-0.1, -0.05) is 30.3 Å². The molecule has 6 nitrogen and oxygen atoms in total. The lowest BCUT2D eigenvalue weighted by Gasteiger charge is -2.17. The molecule has 0 aliphatic rings. The Bertz CT molecular complexity index is 673. The molecule has 2 aromatic rings. The molecular formula is C15H16F2N4O2. The van der Waals surface area contributed by atoms with Gasteiger partial charge < -0.3 is 10.6 Å². The number of halogens is 2. The molecule has 0 saturated heterocycles. The first-order valence-electron chi connectivity index (χ1n) is 6.91. The summed E-state index contributed by atoms with van der Waals surface area (Å²) < 4.78 is 25.1. The van der Waals surface area contributed by atoms with Crippen LogP contribution in [0, 0.1) is 0 Å². The van der Waals surface area contributed by atoms with Crippen LogP contribution in [0.3, 0.4) is 0 Å². The summed E-state index contributed by atoms with van der Waals surface area (Å²) in [6, 6.07) is 9.30. The van der Waals surface area contributed by atoms with E-state index in [1.54, 1.807) is 24.3 Å². The first kappa shape index (κ1) is 16.6. The number of nitrogens with zero attached hydrogens (tertiary/aromatic N) is 1. The number of aromatic amines is 1. The number of hydrogen-bond donors (Lipinski definition) is 3. The van der Waals surface area contributed by atoms with Gasteiger partial charge in [0, 0.05) is 7.05 Å². The van der Waals surface area contributed by atoms with Crippen molar-refractivity contribution in [2.24, 2.45) is 0 Å². The van der Waals surface area contributed by atoms with Crippen molar-refractivity contribution in [1.29, 1.82) is 0 Å². The number of benzene rings is 1. The molecule has 0 aliphatic heterocycles. The zero-order chi connectivity index (χ0) is 16.8. The van der Waals surface area contributed by atoms with Crippen molar-refractivity contribution >= 4 is 11.8 Å². The molecule has 1 unspecified atom stereocenters. The summed E-state index contributed by atoms with van der Waals surface area (Å²) in [5.74, 6) is -0.889. The number of alkyl halides is 2. The Kier molecular flexibility index (Phi) is 5.40. The maximum Gasteiger partial charge on any atom is 0.279 e. The van der Waals surface area contributed by atoms with Crippen molar-refractivity contribution in [2.45, 2.75) is 18.9 Å². The second-order valence-corrected chi connectivity index (χ2v) is 4.82. The third-order valence-electron chi connectivity index (χ3n) is 3.24. The number of nitrogens with one attached hydrogen (secondary N) is 3. The standard InChI is InChI=1S/C15H16F2N4O2/c1-18-13(22)8-10(9-5-3-2-4-6-9)19-15(23)12-7-11(14(16)17)20-21-12/h2-7,10,14H,8H2,1H3,(H,18,22)(H,19,23)(H,20,21). The molecule has 8 heteroatoms. The van der Waals surface area contributed by atoms with E-state index in [0.717, 1.165) is 11.6 Å². The summed E-state index contributed by atoms with van der Waals surface area (Å²) in [7, 11) is 1.49. The van der Waals surface area contributed by atoms with Gasteiger partial charge in [0.1, 0.15) is 11.4 Å². The van der Waals surface area contributed by atoms with Gasteiger partial charge in [-0.05, 0) is 11.6 Å². The first-order chi connectivity index (χ1) is 11.0. The predicted octanol–water partition coefficient (Wildman–Crippen LogP) is 1.95. The summed E-state index contributed by atoms with van der Waals surface area (Å²) in [5, 5.41) is 10.8. The van der Waals surface area contributed by atoms with Crippen LogP contribution in [-0.2, 0) is 4.79 Å². The normalized spacial score (nSPS) is 12.0. The van der Waals surface area contributed by atoms with Crippen LogP contribution in [-0.4, -0.2) is 29.1 Å². The van der Waals surface area contributed by atoms with Crippen LogP contribution in [0.5, 0.6) is 0 Å². The molecule has 0 radical (unpaired) electrons. The highest BCUT2D eigenvalue weighted by atomic mass is 19.3. The Morgan fingerprint density at radius 2 is 1.96 bits per heavy atom. The van der Waals surface area contributed by atoms with Crippen LogP contribution < -0.4 is 10.6 Å². The van der Waals surface area contributed by atoms with Gasteiger partial charge in [0.2, 0.25) is 5.91 Å². The maximum absolute atomic E-state index is 12.5. The lowest BCUT2D eigenvalue weighted by atomic mass is 10.0. The highest BCUT2D eigenvalue weighted by molar-refractivity contribution is 5.93. The Balaban J connectivity index is 2.16. The molecule has 1 aromatic heterocycles. The van der Waals surface area contributed by atoms with E-state index >= 15 is 0 Å². The average molecular weight is 322 g/mol. The molecule has 0 aliphatic carbocycles. The monoisotopic (exact) mass is 322 g/mol. The van der Waals surface area contributed by atoms with Gasteiger partial charge in [-0.25, -0.2) is 8.78 Å². The Labute approximate surface area is 131 Å². The SMILES string of the molecule is CNC(=O)CC(NC(=O)c1cc(C(F)F)[nH]n1)c1ccccc1. The number of carbonyl (C=O) groups excluding carboxylic acids is 2.